The quantitative estimate of drug-likeness (QED) is 0.866. The van der Waals surface area contributed by atoms with Crippen LogP contribution >= 0.6 is 23.4 Å². The zero-order valence-corrected chi connectivity index (χ0v) is 15.2. The van der Waals surface area contributed by atoms with Crippen LogP contribution in [0.15, 0.2) is 23.2 Å². The Morgan fingerprint density at radius 2 is 2.21 bits per heavy atom. The third-order valence-electron chi connectivity index (χ3n) is 4.50. The molecule has 1 aliphatic carbocycles. The Morgan fingerprint density at radius 1 is 1.46 bits per heavy atom. The molecule has 0 radical (unpaired) electrons. The van der Waals surface area contributed by atoms with E-state index in [-0.39, 0.29) is 17.0 Å². The zero-order chi connectivity index (χ0) is 17.1. The average molecular weight is 370 g/mol. The largest absolute Gasteiger partial charge is 0.350 e. The van der Waals surface area contributed by atoms with Gasteiger partial charge in [0.05, 0.1) is 16.8 Å². The molecule has 1 aromatic carbocycles. The Labute approximate surface area is 150 Å². The van der Waals surface area contributed by atoms with Gasteiger partial charge in [-0.05, 0) is 31.0 Å². The fourth-order valence-electron chi connectivity index (χ4n) is 3.06. The van der Waals surface area contributed by atoms with Gasteiger partial charge >= 0.3 is 0 Å². The molecule has 1 aromatic rings. The van der Waals surface area contributed by atoms with Gasteiger partial charge in [0.1, 0.15) is 5.82 Å². The highest BCUT2D eigenvalue weighted by molar-refractivity contribution is 8.14. The lowest BCUT2D eigenvalue weighted by Crippen LogP contribution is -2.34. The summed E-state index contributed by atoms with van der Waals surface area (Å²) < 4.78 is 13.1. The zero-order valence-electron chi connectivity index (χ0n) is 13.6. The van der Waals surface area contributed by atoms with Crippen molar-refractivity contribution in [2.24, 2.45) is 4.99 Å². The van der Waals surface area contributed by atoms with Gasteiger partial charge in [-0.25, -0.2) is 4.39 Å². The van der Waals surface area contributed by atoms with E-state index in [1.807, 2.05) is 7.05 Å². The number of rotatable bonds is 4. The number of aliphatic imine (C=N–C) groups is 1. The third-order valence-corrected chi connectivity index (χ3v) is 6.01. The molecule has 130 valence electrons. The SMILES string of the molecule is CN1C(=NC2CCCC2)SCC1CC(=O)Nc1ccc(F)cc1Cl. The summed E-state index contributed by atoms with van der Waals surface area (Å²) >= 11 is 7.67. The highest BCUT2D eigenvalue weighted by Gasteiger charge is 2.30. The number of amides is 1. The lowest BCUT2D eigenvalue weighted by Gasteiger charge is -2.21. The van der Waals surface area contributed by atoms with E-state index in [0.717, 1.165) is 10.9 Å². The van der Waals surface area contributed by atoms with Crippen LogP contribution in [0, 0.1) is 5.82 Å². The molecular weight excluding hydrogens is 349 g/mol. The van der Waals surface area contributed by atoms with Crippen LogP contribution in [-0.2, 0) is 4.79 Å². The molecule has 4 nitrogen and oxygen atoms in total. The van der Waals surface area contributed by atoms with Crippen LogP contribution in [0.4, 0.5) is 10.1 Å². The van der Waals surface area contributed by atoms with Gasteiger partial charge in [0.2, 0.25) is 5.91 Å². The van der Waals surface area contributed by atoms with E-state index in [2.05, 4.69) is 10.2 Å². The maximum absolute atomic E-state index is 13.1. The summed E-state index contributed by atoms with van der Waals surface area (Å²) in [5, 5.41) is 4.01. The van der Waals surface area contributed by atoms with Gasteiger partial charge in [-0.15, -0.1) is 0 Å². The lowest BCUT2D eigenvalue weighted by molar-refractivity contribution is -0.116. The van der Waals surface area contributed by atoms with Crippen molar-refractivity contribution in [1.82, 2.24) is 4.90 Å². The Bertz CT molecular complexity index is 649. The van der Waals surface area contributed by atoms with Crippen LogP contribution in [0.2, 0.25) is 5.02 Å². The third kappa shape index (κ3) is 4.22. The first-order valence-electron chi connectivity index (χ1n) is 8.21. The second-order valence-electron chi connectivity index (χ2n) is 6.30. The van der Waals surface area contributed by atoms with Crippen LogP contribution in [0.5, 0.6) is 0 Å². The maximum atomic E-state index is 13.1. The first kappa shape index (κ1) is 17.5. The fraction of sp³-hybridized carbons (Fsp3) is 0.529. The number of anilines is 1. The highest BCUT2D eigenvalue weighted by atomic mass is 35.5. The number of amidine groups is 1. The number of halogens is 2. The summed E-state index contributed by atoms with van der Waals surface area (Å²) in [4.78, 5) is 19.2. The monoisotopic (exact) mass is 369 g/mol. The van der Waals surface area contributed by atoms with Crippen LogP contribution in [0.1, 0.15) is 32.1 Å². The highest BCUT2D eigenvalue weighted by Crippen LogP contribution is 2.29. The molecule has 2 aliphatic rings. The van der Waals surface area contributed by atoms with Gasteiger partial charge in [0.15, 0.2) is 5.17 Å². The molecular formula is C17H21ClFN3OS. The van der Waals surface area contributed by atoms with E-state index in [9.17, 15) is 9.18 Å². The number of thioether (sulfide) groups is 1. The minimum Gasteiger partial charge on any atom is -0.350 e. The Kier molecular flexibility index (Phi) is 5.66. The molecule has 1 saturated heterocycles. The standard InChI is InChI=1S/C17H21ClFN3OS/c1-22-13(10-24-17(22)20-12-4-2-3-5-12)9-16(23)21-15-7-6-11(19)8-14(15)18/h6-8,12-13H,2-5,9-10H2,1H3,(H,21,23). The molecule has 1 aliphatic heterocycles. The van der Waals surface area contributed by atoms with E-state index in [1.165, 1.54) is 43.9 Å². The molecule has 24 heavy (non-hydrogen) atoms. The molecule has 1 heterocycles. The topological polar surface area (TPSA) is 44.7 Å². The van der Waals surface area contributed by atoms with E-state index >= 15 is 0 Å². The van der Waals surface area contributed by atoms with Crippen molar-refractivity contribution in [3.8, 4) is 0 Å². The molecule has 2 fully saturated rings. The molecule has 1 saturated carbocycles. The van der Waals surface area contributed by atoms with Crippen molar-refractivity contribution < 1.29 is 9.18 Å². The van der Waals surface area contributed by atoms with Gasteiger partial charge in [-0.1, -0.05) is 36.2 Å². The number of nitrogens with one attached hydrogen (secondary N) is 1. The number of carbonyl (C=O) groups excluding carboxylic acids is 1. The summed E-state index contributed by atoms with van der Waals surface area (Å²) in [5.41, 5.74) is 0.441. The number of hydrogen-bond donors (Lipinski definition) is 1. The summed E-state index contributed by atoms with van der Waals surface area (Å²) in [6.07, 6.45) is 5.24. The van der Waals surface area contributed by atoms with Crippen molar-refractivity contribution in [3.63, 3.8) is 0 Å². The predicted molar refractivity (Wildman–Crippen MR) is 98.4 cm³/mol. The number of hydrogen-bond acceptors (Lipinski definition) is 3. The molecule has 1 amide bonds. The summed E-state index contributed by atoms with van der Waals surface area (Å²) in [6, 6.07) is 4.53. The summed E-state index contributed by atoms with van der Waals surface area (Å²) in [7, 11) is 2.00. The summed E-state index contributed by atoms with van der Waals surface area (Å²) in [6.45, 7) is 0. The second kappa shape index (κ2) is 7.74. The van der Waals surface area contributed by atoms with E-state index in [1.54, 1.807) is 11.8 Å². The first-order valence-corrected chi connectivity index (χ1v) is 9.57. The van der Waals surface area contributed by atoms with Crippen molar-refractivity contribution >= 4 is 40.1 Å². The van der Waals surface area contributed by atoms with Crippen LogP contribution in [0.3, 0.4) is 0 Å². The van der Waals surface area contributed by atoms with Crippen molar-refractivity contribution in [2.45, 2.75) is 44.2 Å². The smallest absolute Gasteiger partial charge is 0.226 e. The normalized spacial score (nSPS) is 23.2. The van der Waals surface area contributed by atoms with Gasteiger partial charge in [0, 0.05) is 25.3 Å². The molecule has 0 spiro atoms. The Morgan fingerprint density at radius 3 is 2.92 bits per heavy atom. The fourth-order valence-corrected chi connectivity index (χ4v) is 4.53. The molecule has 1 atom stereocenters. The predicted octanol–water partition coefficient (Wildman–Crippen LogP) is 4.15. The van der Waals surface area contributed by atoms with E-state index < -0.39 is 5.82 Å². The number of nitrogens with zero attached hydrogens (tertiary/aromatic N) is 2. The van der Waals surface area contributed by atoms with E-state index in [4.69, 9.17) is 16.6 Å². The van der Waals surface area contributed by atoms with Crippen LogP contribution < -0.4 is 5.32 Å². The minimum absolute atomic E-state index is 0.120. The number of benzene rings is 1. The Balaban J connectivity index is 1.56. The maximum Gasteiger partial charge on any atom is 0.226 e. The van der Waals surface area contributed by atoms with Crippen molar-refractivity contribution in [2.75, 3.05) is 18.1 Å². The first-order chi connectivity index (χ1) is 11.5. The van der Waals surface area contributed by atoms with Crippen molar-refractivity contribution in [1.29, 1.82) is 0 Å². The minimum atomic E-state index is -0.419. The molecule has 7 heteroatoms. The second-order valence-corrected chi connectivity index (χ2v) is 7.70. The molecule has 1 unspecified atom stereocenters. The van der Waals surface area contributed by atoms with Crippen LogP contribution in [-0.4, -0.2) is 40.9 Å². The molecule has 3 rings (SSSR count). The van der Waals surface area contributed by atoms with Gasteiger partial charge in [-0.3, -0.25) is 9.79 Å². The van der Waals surface area contributed by atoms with Crippen molar-refractivity contribution in [3.05, 3.63) is 29.0 Å². The molecule has 0 bridgehead atoms. The summed E-state index contributed by atoms with van der Waals surface area (Å²) in [5.74, 6) is 0.313. The molecule has 1 N–H and O–H groups in total. The molecule has 0 aromatic heterocycles. The van der Waals surface area contributed by atoms with Gasteiger partial charge in [0.25, 0.3) is 0 Å². The van der Waals surface area contributed by atoms with E-state index in [0.29, 0.717) is 18.2 Å². The van der Waals surface area contributed by atoms with Gasteiger partial charge in [-0.2, -0.15) is 0 Å². The average Bonchev–Trinajstić information content (AvgIpc) is 3.16. The Hall–Kier alpha value is -1.27. The van der Waals surface area contributed by atoms with Crippen LogP contribution in [0.25, 0.3) is 0 Å². The lowest BCUT2D eigenvalue weighted by atomic mass is 10.2. The number of carbonyl (C=O) groups is 1. The van der Waals surface area contributed by atoms with Gasteiger partial charge < -0.3 is 10.2 Å².